The zero-order valence-electron chi connectivity index (χ0n) is 11.7. The van der Waals surface area contributed by atoms with Gasteiger partial charge in [-0.25, -0.2) is 5.43 Å². The molecule has 1 aliphatic rings. The first-order chi connectivity index (χ1) is 8.72. The Hall–Kier alpha value is -0.900. The lowest BCUT2D eigenvalue weighted by molar-refractivity contribution is 0.442. The second-order valence-electron chi connectivity index (χ2n) is 5.31. The summed E-state index contributed by atoms with van der Waals surface area (Å²) in [5.74, 6) is 0.624. The summed E-state index contributed by atoms with van der Waals surface area (Å²) < 4.78 is 0. The van der Waals surface area contributed by atoms with Gasteiger partial charge >= 0.3 is 0 Å². The van der Waals surface area contributed by atoms with E-state index in [2.05, 4.69) is 55.1 Å². The fourth-order valence-electron chi connectivity index (χ4n) is 2.50. The Morgan fingerprint density at radius 1 is 1.28 bits per heavy atom. The highest BCUT2D eigenvalue weighted by atomic mass is 15.4. The molecule has 1 aromatic carbocycles. The SMILES string of the molecule is CCCNCC1CNNC1c1ccc(C)c(C)c1. The van der Waals surface area contributed by atoms with Crippen molar-refractivity contribution < 1.29 is 0 Å². The summed E-state index contributed by atoms with van der Waals surface area (Å²) in [6.45, 7) is 9.78. The van der Waals surface area contributed by atoms with Crippen molar-refractivity contribution >= 4 is 0 Å². The molecule has 0 amide bonds. The number of hydrogen-bond donors (Lipinski definition) is 3. The third-order valence-electron chi connectivity index (χ3n) is 3.82. The van der Waals surface area contributed by atoms with Crippen LogP contribution in [0.1, 0.15) is 36.1 Å². The van der Waals surface area contributed by atoms with E-state index in [9.17, 15) is 0 Å². The first kappa shape index (κ1) is 13.5. The van der Waals surface area contributed by atoms with E-state index in [1.807, 2.05) is 0 Å². The summed E-state index contributed by atoms with van der Waals surface area (Å²) in [5.41, 5.74) is 10.8. The average molecular weight is 247 g/mol. The fourth-order valence-corrected chi connectivity index (χ4v) is 2.50. The molecule has 3 nitrogen and oxygen atoms in total. The van der Waals surface area contributed by atoms with E-state index in [4.69, 9.17) is 0 Å². The molecule has 2 unspecified atom stereocenters. The number of benzene rings is 1. The standard InChI is InChI=1S/C15H25N3/c1-4-7-16-9-14-10-17-18-15(14)13-6-5-11(2)12(3)8-13/h5-6,8,14-18H,4,7,9-10H2,1-3H3. The lowest BCUT2D eigenvalue weighted by Crippen LogP contribution is -2.29. The highest BCUT2D eigenvalue weighted by Crippen LogP contribution is 2.25. The van der Waals surface area contributed by atoms with E-state index in [-0.39, 0.29) is 0 Å². The Balaban J connectivity index is 2.03. The minimum absolute atomic E-state index is 0.425. The van der Waals surface area contributed by atoms with Crippen molar-refractivity contribution in [1.82, 2.24) is 16.2 Å². The van der Waals surface area contributed by atoms with E-state index in [0.717, 1.165) is 19.6 Å². The van der Waals surface area contributed by atoms with E-state index in [0.29, 0.717) is 12.0 Å². The van der Waals surface area contributed by atoms with Crippen LogP contribution in [0.15, 0.2) is 18.2 Å². The van der Waals surface area contributed by atoms with Crippen molar-refractivity contribution in [3.63, 3.8) is 0 Å². The monoisotopic (exact) mass is 247 g/mol. The molecule has 2 rings (SSSR count). The summed E-state index contributed by atoms with van der Waals surface area (Å²) in [6, 6.07) is 7.21. The van der Waals surface area contributed by atoms with E-state index in [1.54, 1.807) is 0 Å². The van der Waals surface area contributed by atoms with Gasteiger partial charge in [0.2, 0.25) is 0 Å². The molecule has 100 valence electrons. The van der Waals surface area contributed by atoms with Crippen molar-refractivity contribution in [2.75, 3.05) is 19.6 Å². The molecule has 1 heterocycles. The Labute approximate surface area is 110 Å². The second kappa shape index (κ2) is 6.32. The minimum atomic E-state index is 0.425. The van der Waals surface area contributed by atoms with Gasteiger partial charge in [-0.2, -0.15) is 0 Å². The maximum atomic E-state index is 3.52. The molecule has 0 aromatic heterocycles. The number of nitrogens with one attached hydrogen (secondary N) is 3. The van der Waals surface area contributed by atoms with Crippen LogP contribution >= 0.6 is 0 Å². The van der Waals surface area contributed by atoms with Gasteiger partial charge in [-0.3, -0.25) is 5.43 Å². The smallest absolute Gasteiger partial charge is 0.0515 e. The molecule has 0 aliphatic carbocycles. The highest BCUT2D eigenvalue weighted by molar-refractivity contribution is 5.32. The van der Waals surface area contributed by atoms with Crippen molar-refractivity contribution in [3.05, 3.63) is 34.9 Å². The lowest BCUT2D eigenvalue weighted by atomic mass is 9.92. The predicted octanol–water partition coefficient (Wildman–Crippen LogP) is 2.07. The summed E-state index contributed by atoms with van der Waals surface area (Å²) in [4.78, 5) is 0. The van der Waals surface area contributed by atoms with Gasteiger partial charge in [0.1, 0.15) is 0 Å². The third-order valence-corrected chi connectivity index (χ3v) is 3.82. The first-order valence-electron chi connectivity index (χ1n) is 6.98. The van der Waals surface area contributed by atoms with Gasteiger partial charge < -0.3 is 5.32 Å². The molecule has 1 aliphatic heterocycles. The Morgan fingerprint density at radius 2 is 2.11 bits per heavy atom. The highest BCUT2D eigenvalue weighted by Gasteiger charge is 2.27. The van der Waals surface area contributed by atoms with Gasteiger partial charge in [0.05, 0.1) is 6.04 Å². The number of hydrogen-bond acceptors (Lipinski definition) is 3. The van der Waals surface area contributed by atoms with Gasteiger partial charge in [-0.15, -0.1) is 0 Å². The van der Waals surface area contributed by atoms with E-state index in [1.165, 1.54) is 23.1 Å². The summed E-state index contributed by atoms with van der Waals surface area (Å²) in [5, 5.41) is 3.52. The van der Waals surface area contributed by atoms with Crippen molar-refractivity contribution in [2.24, 2.45) is 5.92 Å². The molecule has 1 fully saturated rings. The number of aryl methyl sites for hydroxylation is 2. The largest absolute Gasteiger partial charge is 0.316 e. The molecule has 2 atom stereocenters. The topological polar surface area (TPSA) is 36.1 Å². The van der Waals surface area contributed by atoms with Gasteiger partial charge in [0.25, 0.3) is 0 Å². The molecule has 1 saturated heterocycles. The molecular formula is C15H25N3. The molecular weight excluding hydrogens is 222 g/mol. The van der Waals surface area contributed by atoms with Gasteiger partial charge in [-0.1, -0.05) is 25.1 Å². The lowest BCUT2D eigenvalue weighted by Gasteiger charge is -2.20. The van der Waals surface area contributed by atoms with Crippen molar-refractivity contribution in [2.45, 2.75) is 33.2 Å². The Morgan fingerprint density at radius 3 is 2.83 bits per heavy atom. The molecule has 18 heavy (non-hydrogen) atoms. The van der Waals surface area contributed by atoms with Crippen LogP contribution in [0.2, 0.25) is 0 Å². The quantitative estimate of drug-likeness (QED) is 0.697. The number of hydrazine groups is 1. The zero-order valence-corrected chi connectivity index (χ0v) is 11.7. The van der Waals surface area contributed by atoms with E-state index >= 15 is 0 Å². The van der Waals surface area contributed by atoms with Gasteiger partial charge in [-0.05, 0) is 43.5 Å². The van der Waals surface area contributed by atoms with Crippen molar-refractivity contribution in [1.29, 1.82) is 0 Å². The molecule has 0 radical (unpaired) electrons. The van der Waals surface area contributed by atoms with Crippen LogP contribution < -0.4 is 16.2 Å². The third kappa shape index (κ3) is 3.10. The van der Waals surface area contributed by atoms with Crippen LogP contribution in [0.25, 0.3) is 0 Å². The summed E-state index contributed by atoms with van der Waals surface area (Å²) >= 11 is 0. The molecule has 0 saturated carbocycles. The molecule has 1 aromatic rings. The molecule has 0 spiro atoms. The molecule has 3 N–H and O–H groups in total. The number of rotatable bonds is 5. The van der Waals surface area contributed by atoms with Crippen LogP contribution in [-0.2, 0) is 0 Å². The van der Waals surface area contributed by atoms with Crippen LogP contribution in [0.4, 0.5) is 0 Å². The van der Waals surface area contributed by atoms with Crippen LogP contribution in [0.5, 0.6) is 0 Å². The maximum Gasteiger partial charge on any atom is 0.0515 e. The zero-order chi connectivity index (χ0) is 13.0. The summed E-state index contributed by atoms with van der Waals surface area (Å²) in [7, 11) is 0. The summed E-state index contributed by atoms with van der Waals surface area (Å²) in [6.07, 6.45) is 1.20. The maximum absolute atomic E-state index is 3.52. The van der Waals surface area contributed by atoms with Crippen LogP contribution in [0, 0.1) is 19.8 Å². The first-order valence-corrected chi connectivity index (χ1v) is 6.98. The molecule has 3 heteroatoms. The van der Waals surface area contributed by atoms with E-state index < -0.39 is 0 Å². The minimum Gasteiger partial charge on any atom is -0.316 e. The fraction of sp³-hybridized carbons (Fsp3) is 0.600. The van der Waals surface area contributed by atoms with Gasteiger partial charge in [0.15, 0.2) is 0 Å². The van der Waals surface area contributed by atoms with Crippen LogP contribution in [0.3, 0.4) is 0 Å². The normalized spacial score (nSPS) is 23.5. The Bertz CT molecular complexity index is 389. The predicted molar refractivity (Wildman–Crippen MR) is 76.4 cm³/mol. The average Bonchev–Trinajstić information content (AvgIpc) is 2.81. The Kier molecular flexibility index (Phi) is 4.75. The molecule has 0 bridgehead atoms. The van der Waals surface area contributed by atoms with Gasteiger partial charge in [0, 0.05) is 19.0 Å². The van der Waals surface area contributed by atoms with Crippen molar-refractivity contribution in [3.8, 4) is 0 Å². The van der Waals surface area contributed by atoms with Crippen LogP contribution in [-0.4, -0.2) is 19.6 Å². The second-order valence-corrected chi connectivity index (χ2v) is 5.31.